The van der Waals surface area contributed by atoms with Gasteiger partial charge in [0, 0.05) is 5.69 Å². The molecule has 0 saturated heterocycles. The summed E-state index contributed by atoms with van der Waals surface area (Å²) in [7, 11) is -3.65. The fourth-order valence-corrected chi connectivity index (χ4v) is 2.32. The van der Waals surface area contributed by atoms with Crippen LogP contribution in [0.25, 0.3) is 0 Å². The molecule has 0 spiro atoms. The first kappa shape index (κ1) is 12.2. The van der Waals surface area contributed by atoms with Crippen molar-refractivity contribution in [1.29, 1.82) is 0 Å². The Labute approximate surface area is 105 Å². The lowest BCUT2D eigenvalue weighted by Gasteiger charge is -2.07. The molecule has 0 bridgehead atoms. The van der Waals surface area contributed by atoms with Gasteiger partial charge in [-0.15, -0.1) is 0 Å². The van der Waals surface area contributed by atoms with Crippen LogP contribution in [-0.4, -0.2) is 13.4 Å². The first-order valence-electron chi connectivity index (χ1n) is 5.07. The minimum Gasteiger partial charge on any atom is -0.399 e. The smallest absolute Gasteiger partial charge is 0.263 e. The lowest BCUT2D eigenvalue weighted by Crippen LogP contribution is -2.13. The van der Waals surface area contributed by atoms with Crippen LogP contribution in [0.4, 0.5) is 17.2 Å². The molecule has 2 rings (SSSR count). The standard InChI is InChI=1S/C11H12N4O2S/c12-8-1-4-10(5-2-8)18(16,17)15-11-6-3-9(13)7-14-11/h1-7H,12-13H2,(H,14,15). The molecule has 0 aliphatic heterocycles. The molecule has 7 heteroatoms. The molecule has 0 amide bonds. The summed E-state index contributed by atoms with van der Waals surface area (Å²) in [5.74, 6) is 0.209. The van der Waals surface area contributed by atoms with Crippen molar-refractivity contribution < 1.29 is 8.42 Å². The van der Waals surface area contributed by atoms with Gasteiger partial charge in [-0.25, -0.2) is 13.4 Å². The summed E-state index contributed by atoms with van der Waals surface area (Å²) in [6.45, 7) is 0. The second-order valence-corrected chi connectivity index (χ2v) is 5.33. The third kappa shape index (κ3) is 2.69. The zero-order valence-electron chi connectivity index (χ0n) is 9.37. The van der Waals surface area contributed by atoms with Crippen molar-refractivity contribution in [2.24, 2.45) is 0 Å². The topological polar surface area (TPSA) is 111 Å². The Hall–Kier alpha value is -2.28. The first-order valence-corrected chi connectivity index (χ1v) is 6.55. The van der Waals surface area contributed by atoms with E-state index in [9.17, 15) is 8.42 Å². The van der Waals surface area contributed by atoms with E-state index in [2.05, 4.69) is 9.71 Å². The Balaban J connectivity index is 2.27. The zero-order chi connectivity index (χ0) is 13.2. The van der Waals surface area contributed by atoms with Gasteiger partial charge in [0.2, 0.25) is 0 Å². The molecule has 0 unspecified atom stereocenters. The van der Waals surface area contributed by atoms with Gasteiger partial charge in [-0.2, -0.15) is 0 Å². The molecule has 0 aliphatic carbocycles. The summed E-state index contributed by atoms with van der Waals surface area (Å²) in [5, 5.41) is 0. The van der Waals surface area contributed by atoms with Crippen LogP contribution in [0.15, 0.2) is 47.5 Å². The van der Waals surface area contributed by atoms with Crippen LogP contribution in [0.1, 0.15) is 0 Å². The minimum absolute atomic E-state index is 0.121. The predicted octanol–water partition coefficient (Wildman–Crippen LogP) is 1.05. The fraction of sp³-hybridized carbons (Fsp3) is 0. The highest BCUT2D eigenvalue weighted by atomic mass is 32.2. The molecular weight excluding hydrogens is 252 g/mol. The summed E-state index contributed by atoms with van der Waals surface area (Å²) in [5.41, 5.74) is 11.9. The Kier molecular flexibility index (Phi) is 3.07. The van der Waals surface area contributed by atoms with Crippen LogP contribution in [0.2, 0.25) is 0 Å². The van der Waals surface area contributed by atoms with Crippen molar-refractivity contribution >= 4 is 27.2 Å². The molecule has 1 aromatic carbocycles. The third-order valence-electron chi connectivity index (χ3n) is 2.22. The summed E-state index contributed by atoms with van der Waals surface area (Å²) in [6, 6.07) is 8.94. The van der Waals surface area contributed by atoms with E-state index < -0.39 is 10.0 Å². The highest BCUT2D eigenvalue weighted by Gasteiger charge is 2.14. The van der Waals surface area contributed by atoms with Crippen molar-refractivity contribution in [3.05, 3.63) is 42.6 Å². The molecule has 1 aromatic heterocycles. The number of aromatic nitrogens is 1. The monoisotopic (exact) mass is 264 g/mol. The van der Waals surface area contributed by atoms with Crippen LogP contribution in [0.3, 0.4) is 0 Å². The van der Waals surface area contributed by atoms with E-state index in [1.54, 1.807) is 6.07 Å². The van der Waals surface area contributed by atoms with Crippen molar-refractivity contribution in [3.8, 4) is 0 Å². The molecule has 94 valence electrons. The summed E-state index contributed by atoms with van der Waals surface area (Å²) >= 11 is 0. The second-order valence-electron chi connectivity index (χ2n) is 3.65. The van der Waals surface area contributed by atoms with E-state index in [1.807, 2.05) is 0 Å². The Morgan fingerprint density at radius 1 is 0.944 bits per heavy atom. The maximum atomic E-state index is 12.0. The maximum Gasteiger partial charge on any atom is 0.263 e. The number of nitrogens with one attached hydrogen (secondary N) is 1. The average Bonchev–Trinajstić information content (AvgIpc) is 2.32. The molecule has 0 radical (unpaired) electrons. The van der Waals surface area contributed by atoms with Crippen molar-refractivity contribution in [1.82, 2.24) is 4.98 Å². The number of nitrogen functional groups attached to an aromatic ring is 2. The van der Waals surface area contributed by atoms with Crippen LogP contribution < -0.4 is 16.2 Å². The van der Waals surface area contributed by atoms with Gasteiger partial charge >= 0.3 is 0 Å². The number of sulfonamides is 1. The molecule has 18 heavy (non-hydrogen) atoms. The molecule has 0 fully saturated rings. The molecular formula is C11H12N4O2S. The van der Waals surface area contributed by atoms with Gasteiger partial charge in [-0.3, -0.25) is 4.72 Å². The number of hydrogen-bond donors (Lipinski definition) is 3. The normalized spacial score (nSPS) is 11.1. The molecule has 0 saturated carbocycles. The Bertz CT molecular complexity index is 636. The number of nitrogens with two attached hydrogens (primary N) is 2. The van der Waals surface area contributed by atoms with Crippen LogP contribution >= 0.6 is 0 Å². The molecule has 1 heterocycles. The van der Waals surface area contributed by atoms with E-state index in [0.717, 1.165) is 0 Å². The van der Waals surface area contributed by atoms with Crippen molar-refractivity contribution in [3.63, 3.8) is 0 Å². The van der Waals surface area contributed by atoms with Crippen LogP contribution in [0.5, 0.6) is 0 Å². The largest absolute Gasteiger partial charge is 0.399 e. The van der Waals surface area contributed by atoms with Crippen LogP contribution in [0, 0.1) is 0 Å². The van der Waals surface area contributed by atoms with Crippen molar-refractivity contribution in [2.45, 2.75) is 4.90 Å². The van der Waals surface area contributed by atoms with Gasteiger partial charge in [0.25, 0.3) is 10.0 Å². The zero-order valence-corrected chi connectivity index (χ0v) is 10.2. The second kappa shape index (κ2) is 4.53. The van der Waals surface area contributed by atoms with E-state index >= 15 is 0 Å². The van der Waals surface area contributed by atoms with Gasteiger partial charge in [-0.05, 0) is 36.4 Å². The Morgan fingerprint density at radius 2 is 1.56 bits per heavy atom. The highest BCUT2D eigenvalue weighted by molar-refractivity contribution is 7.92. The number of benzene rings is 1. The van der Waals surface area contributed by atoms with Gasteiger partial charge in [0.1, 0.15) is 5.82 Å². The number of hydrogen-bond acceptors (Lipinski definition) is 5. The van der Waals surface area contributed by atoms with E-state index in [1.165, 1.54) is 36.5 Å². The van der Waals surface area contributed by atoms with E-state index in [4.69, 9.17) is 11.5 Å². The molecule has 5 N–H and O–H groups in total. The van der Waals surface area contributed by atoms with Gasteiger partial charge < -0.3 is 11.5 Å². The van der Waals surface area contributed by atoms with Gasteiger partial charge in [-0.1, -0.05) is 0 Å². The molecule has 2 aromatic rings. The quantitative estimate of drug-likeness (QED) is 0.717. The lowest BCUT2D eigenvalue weighted by atomic mass is 10.3. The molecule has 6 nitrogen and oxygen atoms in total. The maximum absolute atomic E-state index is 12.0. The van der Waals surface area contributed by atoms with E-state index in [-0.39, 0.29) is 10.7 Å². The third-order valence-corrected chi connectivity index (χ3v) is 3.59. The highest BCUT2D eigenvalue weighted by Crippen LogP contribution is 2.16. The van der Waals surface area contributed by atoms with E-state index in [0.29, 0.717) is 11.4 Å². The summed E-state index contributed by atoms with van der Waals surface area (Å²) < 4.78 is 26.3. The van der Waals surface area contributed by atoms with Crippen LogP contribution in [-0.2, 0) is 10.0 Å². The number of anilines is 3. The van der Waals surface area contributed by atoms with Gasteiger partial charge in [0.15, 0.2) is 0 Å². The summed E-state index contributed by atoms with van der Waals surface area (Å²) in [4.78, 5) is 3.99. The summed E-state index contributed by atoms with van der Waals surface area (Å²) in [6.07, 6.45) is 1.38. The Morgan fingerprint density at radius 3 is 2.11 bits per heavy atom. The molecule has 0 atom stereocenters. The number of rotatable bonds is 3. The number of nitrogens with zero attached hydrogens (tertiary/aromatic N) is 1. The van der Waals surface area contributed by atoms with Crippen molar-refractivity contribution in [2.75, 3.05) is 16.2 Å². The predicted molar refractivity (Wildman–Crippen MR) is 70.3 cm³/mol. The lowest BCUT2D eigenvalue weighted by molar-refractivity contribution is 0.601. The number of pyridine rings is 1. The average molecular weight is 264 g/mol. The minimum atomic E-state index is -3.65. The first-order chi connectivity index (χ1) is 8.47. The van der Waals surface area contributed by atoms with Gasteiger partial charge in [0.05, 0.1) is 16.8 Å². The SMILES string of the molecule is Nc1ccc(S(=O)(=O)Nc2ccc(N)cn2)cc1. The molecule has 0 aliphatic rings. The fourth-order valence-electron chi connectivity index (χ4n) is 1.31.